The minimum atomic E-state index is 0.234. The molecule has 14 heteroatoms. The Morgan fingerprint density at radius 2 is 0.866 bits per heavy atom. The van der Waals surface area contributed by atoms with Crippen LogP contribution in [0.1, 0.15) is 338 Å². The summed E-state index contributed by atoms with van der Waals surface area (Å²) >= 11 is 0. The van der Waals surface area contributed by atoms with Crippen molar-refractivity contribution in [3.05, 3.63) is 0 Å². The molecule has 8 fully saturated rings. The molecule has 0 aromatic heterocycles. The third-order valence-electron chi connectivity index (χ3n) is 32.8. The molecule has 0 spiro atoms. The zero-order valence-electron chi connectivity index (χ0n) is 80.9. The summed E-state index contributed by atoms with van der Waals surface area (Å²) in [5.74, 6) is 14.5. The van der Waals surface area contributed by atoms with E-state index in [0.717, 1.165) is 92.5 Å². The van der Waals surface area contributed by atoms with Crippen molar-refractivity contribution in [1.29, 1.82) is 0 Å². The first-order chi connectivity index (χ1) is 51.3. The van der Waals surface area contributed by atoms with Crippen molar-refractivity contribution in [3.63, 3.8) is 0 Å². The van der Waals surface area contributed by atoms with Crippen LogP contribution in [-0.2, 0) is 38.4 Å². The van der Waals surface area contributed by atoms with E-state index in [0.29, 0.717) is 161 Å². The van der Waals surface area contributed by atoms with Crippen LogP contribution >= 0.6 is 0 Å². The largest absolute Gasteiger partial charge is 0.319 e. The van der Waals surface area contributed by atoms with Gasteiger partial charge in [0, 0.05) is 73.0 Å². The lowest BCUT2D eigenvalue weighted by molar-refractivity contribution is -0.130. The van der Waals surface area contributed by atoms with E-state index in [4.69, 9.17) is 0 Å². The van der Waals surface area contributed by atoms with Crippen LogP contribution in [0, 0.1) is 162 Å². The maximum atomic E-state index is 11.5. The van der Waals surface area contributed by atoms with E-state index in [1.807, 2.05) is 56.1 Å². The van der Waals surface area contributed by atoms with Crippen molar-refractivity contribution in [2.24, 2.45) is 162 Å². The molecule has 8 aliphatic carbocycles. The predicted molar refractivity (Wildman–Crippen MR) is 475 cm³/mol. The van der Waals surface area contributed by atoms with Gasteiger partial charge in [-0.3, -0.25) is 24.0 Å². The number of rotatable bonds is 38. The molecule has 0 aliphatic heterocycles. The monoisotopic (exact) mass is 1580 g/mol. The highest BCUT2D eigenvalue weighted by Gasteiger charge is 2.63. The minimum Gasteiger partial charge on any atom is -0.319 e. The van der Waals surface area contributed by atoms with E-state index in [2.05, 4.69) is 198 Å². The number of carbonyl (C=O) groups is 8. The Morgan fingerprint density at radius 3 is 1.24 bits per heavy atom. The molecular formula is C98H186N6O8. The van der Waals surface area contributed by atoms with Gasteiger partial charge in [-0.05, 0) is 321 Å². The molecule has 8 saturated carbocycles. The molecule has 24 atom stereocenters. The van der Waals surface area contributed by atoms with E-state index < -0.39 is 0 Å². The topological polar surface area (TPSA) is 209 Å². The van der Waals surface area contributed by atoms with E-state index in [1.165, 1.54) is 70.6 Å². The Kier molecular flexibility index (Phi) is 43.5. The van der Waals surface area contributed by atoms with Gasteiger partial charge in [-0.15, -0.1) is 0 Å². The molecule has 112 heavy (non-hydrogen) atoms. The van der Waals surface area contributed by atoms with E-state index >= 15 is 0 Å². The second-order valence-electron chi connectivity index (χ2n) is 42.6. The van der Waals surface area contributed by atoms with Gasteiger partial charge in [0.05, 0.1) is 0 Å². The summed E-state index contributed by atoms with van der Waals surface area (Å²) in [7, 11) is 12.1. The zero-order valence-corrected chi connectivity index (χ0v) is 80.9. The van der Waals surface area contributed by atoms with Gasteiger partial charge in [0.1, 0.15) is 46.3 Å². The number of hydrogen-bond acceptors (Lipinski definition) is 14. The van der Waals surface area contributed by atoms with Crippen LogP contribution in [0.5, 0.6) is 0 Å². The summed E-state index contributed by atoms with van der Waals surface area (Å²) in [6.07, 6.45) is 18.0. The summed E-state index contributed by atoms with van der Waals surface area (Å²) in [6, 6.07) is 2.30. The van der Waals surface area contributed by atoms with Crippen LogP contribution < -0.4 is 31.9 Å². The predicted octanol–water partition coefficient (Wildman–Crippen LogP) is 20.5. The summed E-state index contributed by atoms with van der Waals surface area (Å²) in [5, 5.41) is 19.7. The molecular weight excluding hydrogens is 1390 g/mol. The van der Waals surface area contributed by atoms with Gasteiger partial charge in [-0.1, -0.05) is 185 Å². The van der Waals surface area contributed by atoms with E-state index in [9.17, 15) is 38.4 Å². The summed E-state index contributed by atoms with van der Waals surface area (Å²) < 4.78 is 0. The normalized spacial score (nSPS) is 31.9. The number of nitrogens with one attached hydrogen (secondary N) is 6. The zero-order chi connectivity index (χ0) is 87.4. The lowest BCUT2D eigenvalue weighted by atomic mass is 9.51. The second-order valence-corrected chi connectivity index (χ2v) is 42.6. The highest BCUT2D eigenvalue weighted by Crippen LogP contribution is 2.66. The molecule has 6 N–H and O–H groups in total. The summed E-state index contributed by atoms with van der Waals surface area (Å²) in [5.41, 5.74) is 2.93. The van der Waals surface area contributed by atoms with E-state index in [1.54, 1.807) is 55.4 Å². The van der Waals surface area contributed by atoms with Crippen LogP contribution in [0.3, 0.4) is 0 Å². The fraction of sp³-hybridized carbons (Fsp3) is 0.918. The SMILES string of the molecule is CCC(C)CCC1C(C(C)=O)C1(C)C.CCCC1CC1(C(C)C)C(C)C(C)=O.CNC(C)C1(C(C)C)CC1CC(C)=O.CNC(C)C1CC(CC(C)=O)C1(C)C.CNC(C)CC1C(CC(C)=O)C1(C)C.CNC1C(CCC(C)C(C)=O)C1(C)C.CNCC1C(CC(C)C(C)=O)C1(C)C.CNCC1CC(C(C)C(C)=O)C1(C)C. The lowest BCUT2D eigenvalue weighted by Crippen LogP contribution is -2.53. The van der Waals surface area contributed by atoms with Crippen molar-refractivity contribution in [2.75, 3.05) is 55.4 Å². The molecule has 0 bridgehead atoms. The van der Waals surface area contributed by atoms with E-state index in [-0.39, 0.29) is 23.7 Å². The maximum absolute atomic E-state index is 11.5. The standard InChI is InChI=1S/2C13H24O.6C12H23NO/c1-6-9(2)7-8-11-12(10(3)14)13(11,4)5;1-6-7-12-8-13(12,9(2)3)10(4)11(5)14;1-8(9(2)14)11-6-10(7-13-5)12(11,3)4;1-8(14)6-10-7-11(9(2)13-5)12(10,3)4;1-8(9(2)14)6-10-11(7-13-5)12(10,3)4;1-8(13-5)6-10-11(7-9(2)14)12(10,3)4;1-8(2)12(10(4)13-5)7-11(12)6-9(3)14;1-8(9(2)14)6-7-10-11(13-5)12(10,3)4/h9,11-12H,6-8H2,1-5H3;9-10,12H,6-8H2,1-5H3;8,10-11,13H,6-7H2,1-5H3;9-11,13H,6-7H2,1-5H3;4*8,10-11,13H,6-7H2,1-5H3. The molecule has 8 rings (SSSR count). The van der Waals surface area contributed by atoms with Crippen molar-refractivity contribution in [3.8, 4) is 0 Å². The first-order valence-corrected chi connectivity index (χ1v) is 45.3. The van der Waals surface area contributed by atoms with Crippen LogP contribution in [0.4, 0.5) is 0 Å². The molecule has 0 aromatic carbocycles. The molecule has 8 aliphatic rings. The highest BCUT2D eigenvalue weighted by molar-refractivity contribution is 5.83. The summed E-state index contributed by atoms with van der Waals surface area (Å²) in [4.78, 5) is 89.6. The minimum absolute atomic E-state index is 0.234. The average Bonchev–Trinajstić information content (AvgIpc) is 1.54. The van der Waals surface area contributed by atoms with Crippen molar-refractivity contribution in [2.45, 2.75) is 362 Å². The number of Topliss-reactive ketones (excluding diaryl/α,β-unsaturated/α-hetero) is 8. The molecule has 0 heterocycles. The number of hydrogen-bond donors (Lipinski definition) is 6. The highest BCUT2D eigenvalue weighted by atomic mass is 16.2. The first kappa shape index (κ1) is 107. The Hall–Kier alpha value is -2.88. The van der Waals surface area contributed by atoms with Crippen molar-refractivity contribution < 1.29 is 38.4 Å². The van der Waals surface area contributed by atoms with Gasteiger partial charge in [0.2, 0.25) is 0 Å². The Balaban J connectivity index is 0.000000640. The fourth-order valence-corrected chi connectivity index (χ4v) is 22.1. The van der Waals surface area contributed by atoms with Gasteiger partial charge in [-0.25, -0.2) is 0 Å². The maximum Gasteiger partial charge on any atom is 0.133 e. The molecule has 24 unspecified atom stereocenters. The Labute approximate surface area is 692 Å². The second kappa shape index (κ2) is 45.5. The molecule has 656 valence electrons. The van der Waals surface area contributed by atoms with Crippen LogP contribution in [0.15, 0.2) is 0 Å². The quantitative estimate of drug-likeness (QED) is 0.0340. The smallest absolute Gasteiger partial charge is 0.133 e. The van der Waals surface area contributed by atoms with Gasteiger partial charge in [-0.2, -0.15) is 0 Å². The average molecular weight is 1580 g/mol. The number of carbonyl (C=O) groups excluding carboxylic acids is 8. The van der Waals surface area contributed by atoms with Gasteiger partial charge in [0.15, 0.2) is 0 Å². The Morgan fingerprint density at radius 1 is 0.402 bits per heavy atom. The molecule has 0 aromatic rings. The molecule has 14 nitrogen and oxygen atoms in total. The first-order valence-electron chi connectivity index (χ1n) is 45.3. The van der Waals surface area contributed by atoms with Crippen LogP contribution in [-0.4, -0.2) is 126 Å². The van der Waals surface area contributed by atoms with Crippen LogP contribution in [0.25, 0.3) is 0 Å². The fourth-order valence-electron chi connectivity index (χ4n) is 22.1. The molecule has 0 amide bonds. The molecule has 0 saturated heterocycles. The van der Waals surface area contributed by atoms with Crippen molar-refractivity contribution in [1.82, 2.24) is 31.9 Å². The van der Waals surface area contributed by atoms with Gasteiger partial charge in [0.25, 0.3) is 0 Å². The third-order valence-corrected chi connectivity index (χ3v) is 32.8. The number of ketones is 8. The van der Waals surface area contributed by atoms with Crippen molar-refractivity contribution >= 4 is 46.3 Å². The lowest BCUT2D eigenvalue weighted by Gasteiger charge is -2.54. The molecule has 0 radical (unpaired) electrons. The third kappa shape index (κ3) is 29.0. The van der Waals surface area contributed by atoms with Crippen LogP contribution in [0.2, 0.25) is 0 Å². The van der Waals surface area contributed by atoms with Gasteiger partial charge >= 0.3 is 0 Å². The Bertz CT molecular complexity index is 2910. The van der Waals surface area contributed by atoms with Gasteiger partial charge < -0.3 is 46.3 Å². The summed E-state index contributed by atoms with van der Waals surface area (Å²) in [6.45, 7) is 74.1.